The highest BCUT2D eigenvalue weighted by molar-refractivity contribution is 7.86. The summed E-state index contributed by atoms with van der Waals surface area (Å²) in [6.45, 7) is 1.88. The number of fused-ring (bicyclic) bond motifs is 1. The zero-order valence-electron chi connectivity index (χ0n) is 11.9. The predicted octanol–water partition coefficient (Wildman–Crippen LogP) is 2.74. The maximum atomic E-state index is 11.6. The maximum absolute atomic E-state index is 11.6. The molecule has 0 amide bonds. The first-order valence-corrected chi connectivity index (χ1v) is 8.19. The molecule has 1 aliphatic heterocycles. The van der Waals surface area contributed by atoms with Gasteiger partial charge in [-0.1, -0.05) is 24.3 Å². The molecule has 0 atom stereocenters. The second-order valence-electron chi connectivity index (χ2n) is 5.17. The van der Waals surface area contributed by atoms with E-state index in [0.717, 1.165) is 11.1 Å². The second kappa shape index (κ2) is 5.23. The molecule has 0 fully saturated rings. The summed E-state index contributed by atoms with van der Waals surface area (Å²) < 4.78 is 37.8. The van der Waals surface area contributed by atoms with E-state index in [1.54, 1.807) is 24.3 Å². The van der Waals surface area contributed by atoms with E-state index in [1.165, 1.54) is 13.0 Å². The summed E-state index contributed by atoms with van der Waals surface area (Å²) >= 11 is 0. The van der Waals surface area contributed by atoms with Crippen LogP contribution in [0, 0.1) is 0 Å². The van der Waals surface area contributed by atoms with Crippen LogP contribution >= 0.6 is 0 Å². The van der Waals surface area contributed by atoms with Gasteiger partial charge in [0.1, 0.15) is 10.6 Å². The van der Waals surface area contributed by atoms with Crippen molar-refractivity contribution in [3.63, 3.8) is 0 Å². The van der Waals surface area contributed by atoms with Crippen molar-refractivity contribution in [2.24, 2.45) is 0 Å². The van der Waals surface area contributed by atoms with Gasteiger partial charge >= 0.3 is 0 Å². The lowest BCUT2D eigenvalue weighted by atomic mass is 10.00. The van der Waals surface area contributed by atoms with Crippen LogP contribution in [0.15, 0.2) is 41.3 Å². The first kappa shape index (κ1) is 14.7. The molecule has 0 saturated heterocycles. The molecule has 2 aromatic carbocycles. The van der Waals surface area contributed by atoms with Gasteiger partial charge < -0.3 is 4.74 Å². The Labute approximate surface area is 128 Å². The fourth-order valence-electron chi connectivity index (χ4n) is 2.53. The molecule has 0 bridgehead atoms. The molecule has 0 spiro atoms. The Morgan fingerprint density at radius 2 is 1.82 bits per heavy atom. The van der Waals surface area contributed by atoms with Crippen molar-refractivity contribution >= 4 is 15.9 Å². The Bertz CT molecular complexity index is 851. The molecule has 6 heteroatoms. The van der Waals surface area contributed by atoms with Gasteiger partial charge in [-0.25, -0.2) is 0 Å². The molecule has 0 radical (unpaired) electrons. The molecule has 0 unspecified atom stereocenters. The lowest BCUT2D eigenvalue weighted by molar-refractivity contribution is 0.101. The summed E-state index contributed by atoms with van der Waals surface area (Å²) in [7, 11) is -4.36. The molecule has 0 aliphatic carbocycles. The summed E-state index contributed by atoms with van der Waals surface area (Å²) in [5.41, 5.74) is 2.76. The number of hydrogen-bond donors (Lipinski definition) is 1. The number of carbonyl (C=O) groups excluding carboxylic acids is 1. The van der Waals surface area contributed by atoms with Gasteiger partial charge in [-0.15, -0.1) is 0 Å². The van der Waals surface area contributed by atoms with Crippen molar-refractivity contribution in [1.29, 1.82) is 0 Å². The van der Waals surface area contributed by atoms with E-state index in [4.69, 9.17) is 4.74 Å². The van der Waals surface area contributed by atoms with Crippen LogP contribution in [-0.4, -0.2) is 25.4 Å². The van der Waals surface area contributed by atoms with Crippen LogP contribution in [0.4, 0.5) is 0 Å². The third-order valence-corrected chi connectivity index (χ3v) is 4.51. The Morgan fingerprint density at radius 1 is 1.14 bits per heavy atom. The lowest BCUT2D eigenvalue weighted by Gasteiger charge is -2.09. The second-order valence-corrected chi connectivity index (χ2v) is 6.56. The van der Waals surface area contributed by atoms with E-state index in [-0.39, 0.29) is 16.4 Å². The SMILES string of the molecule is CC(=O)c1ccc(-c2cc3c(c(S(=O)(=O)O)c2)OCC3)cc1. The molecule has 3 rings (SSSR count). The monoisotopic (exact) mass is 318 g/mol. The topological polar surface area (TPSA) is 80.7 Å². The van der Waals surface area contributed by atoms with Crippen LogP contribution in [-0.2, 0) is 16.5 Å². The number of ether oxygens (including phenoxy) is 1. The third kappa shape index (κ3) is 2.63. The lowest BCUT2D eigenvalue weighted by Crippen LogP contribution is -2.01. The third-order valence-electron chi connectivity index (χ3n) is 3.65. The van der Waals surface area contributed by atoms with Gasteiger partial charge in [0.2, 0.25) is 0 Å². The molecule has 22 heavy (non-hydrogen) atoms. The summed E-state index contributed by atoms with van der Waals surface area (Å²) in [5, 5.41) is 0. The van der Waals surface area contributed by atoms with Crippen LogP contribution in [0.1, 0.15) is 22.8 Å². The molecule has 1 N–H and O–H groups in total. The number of Topliss-reactive ketones (excluding diaryl/α,β-unsaturated/α-hetero) is 1. The number of benzene rings is 2. The molecule has 1 aliphatic rings. The molecule has 5 nitrogen and oxygen atoms in total. The molecule has 2 aromatic rings. The predicted molar refractivity (Wildman–Crippen MR) is 80.9 cm³/mol. The van der Waals surface area contributed by atoms with E-state index in [9.17, 15) is 17.8 Å². The van der Waals surface area contributed by atoms with Crippen molar-refractivity contribution in [2.75, 3.05) is 6.61 Å². The first-order chi connectivity index (χ1) is 10.4. The fourth-order valence-corrected chi connectivity index (χ4v) is 3.23. The minimum atomic E-state index is -4.36. The minimum absolute atomic E-state index is 0.0347. The maximum Gasteiger partial charge on any atom is 0.298 e. The standard InChI is InChI=1S/C16H14O5S/c1-10(17)11-2-4-12(5-3-11)14-8-13-6-7-21-16(13)15(9-14)22(18,19)20/h2-5,8-9H,6-7H2,1H3,(H,18,19,20). The van der Waals surface area contributed by atoms with E-state index >= 15 is 0 Å². The average molecular weight is 318 g/mol. The number of rotatable bonds is 3. The minimum Gasteiger partial charge on any atom is -0.491 e. The smallest absolute Gasteiger partial charge is 0.298 e. The van der Waals surface area contributed by atoms with Gasteiger partial charge in [0.15, 0.2) is 5.78 Å². The van der Waals surface area contributed by atoms with Gasteiger partial charge in [-0.3, -0.25) is 9.35 Å². The van der Waals surface area contributed by atoms with Gasteiger partial charge in [0.05, 0.1) is 6.61 Å². The molecular weight excluding hydrogens is 304 g/mol. The zero-order chi connectivity index (χ0) is 15.9. The van der Waals surface area contributed by atoms with Crippen molar-refractivity contribution in [3.8, 4) is 16.9 Å². The van der Waals surface area contributed by atoms with Crippen LogP contribution in [0.2, 0.25) is 0 Å². The van der Waals surface area contributed by atoms with Gasteiger partial charge in [-0.05, 0) is 35.7 Å². The summed E-state index contributed by atoms with van der Waals surface area (Å²) in [5.74, 6) is 0.194. The Balaban J connectivity index is 2.14. The Morgan fingerprint density at radius 3 is 2.41 bits per heavy atom. The zero-order valence-corrected chi connectivity index (χ0v) is 12.7. The quantitative estimate of drug-likeness (QED) is 0.695. The molecule has 1 heterocycles. The van der Waals surface area contributed by atoms with E-state index in [2.05, 4.69) is 0 Å². The van der Waals surface area contributed by atoms with E-state index in [0.29, 0.717) is 24.2 Å². The molecule has 114 valence electrons. The van der Waals surface area contributed by atoms with Crippen LogP contribution in [0.3, 0.4) is 0 Å². The number of carbonyl (C=O) groups is 1. The van der Waals surface area contributed by atoms with Crippen LogP contribution < -0.4 is 4.74 Å². The highest BCUT2D eigenvalue weighted by Gasteiger charge is 2.25. The van der Waals surface area contributed by atoms with Crippen molar-refractivity contribution in [2.45, 2.75) is 18.2 Å². The Hall–Kier alpha value is -2.18. The van der Waals surface area contributed by atoms with Gasteiger partial charge in [0, 0.05) is 12.0 Å². The van der Waals surface area contributed by atoms with Crippen LogP contribution in [0.25, 0.3) is 11.1 Å². The van der Waals surface area contributed by atoms with Crippen molar-refractivity contribution in [1.82, 2.24) is 0 Å². The largest absolute Gasteiger partial charge is 0.491 e. The van der Waals surface area contributed by atoms with Crippen molar-refractivity contribution in [3.05, 3.63) is 47.5 Å². The fraction of sp³-hybridized carbons (Fsp3) is 0.188. The molecular formula is C16H14O5S. The van der Waals surface area contributed by atoms with Gasteiger partial charge in [-0.2, -0.15) is 8.42 Å². The normalized spacial score (nSPS) is 13.5. The highest BCUT2D eigenvalue weighted by Crippen LogP contribution is 2.37. The molecule has 0 saturated carbocycles. The first-order valence-electron chi connectivity index (χ1n) is 6.75. The highest BCUT2D eigenvalue weighted by atomic mass is 32.2. The number of ketones is 1. The van der Waals surface area contributed by atoms with Crippen LogP contribution in [0.5, 0.6) is 5.75 Å². The summed E-state index contributed by atoms with van der Waals surface area (Å²) in [4.78, 5) is 11.1. The Kier molecular flexibility index (Phi) is 3.50. The number of hydrogen-bond acceptors (Lipinski definition) is 4. The van der Waals surface area contributed by atoms with Crippen molar-refractivity contribution < 1.29 is 22.5 Å². The summed E-state index contributed by atoms with van der Waals surface area (Å²) in [6, 6.07) is 10.1. The average Bonchev–Trinajstić information content (AvgIpc) is 2.93. The molecule has 0 aromatic heterocycles. The summed E-state index contributed by atoms with van der Waals surface area (Å²) in [6.07, 6.45) is 0.594. The van der Waals surface area contributed by atoms with E-state index in [1.807, 2.05) is 6.07 Å². The van der Waals surface area contributed by atoms with E-state index < -0.39 is 10.1 Å². The van der Waals surface area contributed by atoms with Gasteiger partial charge in [0.25, 0.3) is 10.1 Å².